The minimum Gasteiger partial charge on any atom is -0.496 e. The molecule has 28 heavy (non-hydrogen) atoms. The lowest BCUT2D eigenvalue weighted by atomic mass is 10.2. The van der Waals surface area contributed by atoms with Crippen LogP contribution in [0.2, 0.25) is 5.02 Å². The lowest BCUT2D eigenvalue weighted by molar-refractivity contribution is 0.0827. The number of rotatable bonds is 6. The number of halogens is 1. The SMILES string of the molecule is COc1ccc(Cl)cc1C(=O)NNC(=O)c1ccc(COc2ccccc2)o1. The number of hydrogen-bond donors (Lipinski definition) is 2. The van der Waals surface area contributed by atoms with Gasteiger partial charge in [-0.15, -0.1) is 0 Å². The highest BCUT2D eigenvalue weighted by atomic mass is 35.5. The summed E-state index contributed by atoms with van der Waals surface area (Å²) in [7, 11) is 1.43. The van der Waals surface area contributed by atoms with Crippen molar-refractivity contribution in [2.45, 2.75) is 6.61 Å². The lowest BCUT2D eigenvalue weighted by Gasteiger charge is -2.10. The molecule has 144 valence electrons. The van der Waals surface area contributed by atoms with Crippen LogP contribution in [0.5, 0.6) is 11.5 Å². The van der Waals surface area contributed by atoms with E-state index in [4.69, 9.17) is 25.5 Å². The van der Waals surface area contributed by atoms with Crippen molar-refractivity contribution in [3.05, 3.63) is 82.8 Å². The Bertz CT molecular complexity index is 972. The van der Waals surface area contributed by atoms with Crippen LogP contribution in [0.1, 0.15) is 26.7 Å². The van der Waals surface area contributed by atoms with Crippen molar-refractivity contribution in [3.8, 4) is 11.5 Å². The van der Waals surface area contributed by atoms with Crippen LogP contribution in [0, 0.1) is 0 Å². The molecule has 0 aliphatic rings. The van der Waals surface area contributed by atoms with Crippen molar-refractivity contribution < 1.29 is 23.5 Å². The smallest absolute Gasteiger partial charge is 0.305 e. The van der Waals surface area contributed by atoms with E-state index in [1.165, 1.54) is 19.2 Å². The molecule has 2 aromatic carbocycles. The van der Waals surface area contributed by atoms with Crippen molar-refractivity contribution in [3.63, 3.8) is 0 Å². The molecule has 0 spiro atoms. The van der Waals surface area contributed by atoms with E-state index < -0.39 is 11.8 Å². The predicted molar refractivity (Wildman–Crippen MR) is 102 cm³/mol. The van der Waals surface area contributed by atoms with Gasteiger partial charge in [0.25, 0.3) is 5.91 Å². The van der Waals surface area contributed by atoms with Gasteiger partial charge in [-0.2, -0.15) is 0 Å². The number of para-hydroxylation sites is 1. The molecule has 0 fully saturated rings. The number of carbonyl (C=O) groups excluding carboxylic acids is 2. The topological polar surface area (TPSA) is 89.8 Å². The van der Waals surface area contributed by atoms with E-state index in [0.717, 1.165) is 0 Å². The van der Waals surface area contributed by atoms with Crippen molar-refractivity contribution in [2.75, 3.05) is 7.11 Å². The summed E-state index contributed by atoms with van der Waals surface area (Å²) in [5.74, 6) is 0.330. The van der Waals surface area contributed by atoms with E-state index in [9.17, 15) is 9.59 Å². The highest BCUT2D eigenvalue weighted by Crippen LogP contribution is 2.22. The molecule has 0 bridgehead atoms. The van der Waals surface area contributed by atoms with Gasteiger partial charge in [0.05, 0.1) is 12.7 Å². The maximum absolute atomic E-state index is 12.3. The Morgan fingerprint density at radius 3 is 2.50 bits per heavy atom. The molecular formula is C20H17ClN2O5. The van der Waals surface area contributed by atoms with Gasteiger partial charge in [0.1, 0.15) is 23.9 Å². The highest BCUT2D eigenvalue weighted by Gasteiger charge is 2.16. The van der Waals surface area contributed by atoms with Crippen LogP contribution in [0.15, 0.2) is 65.1 Å². The standard InChI is InChI=1S/C20H17ClN2O5/c1-26-17-9-7-13(21)11-16(17)19(24)22-23-20(25)18-10-8-15(28-18)12-27-14-5-3-2-4-6-14/h2-11H,12H2,1H3,(H,22,24)(H,23,25). The average Bonchev–Trinajstić information content (AvgIpc) is 3.20. The Morgan fingerprint density at radius 2 is 1.75 bits per heavy atom. The maximum Gasteiger partial charge on any atom is 0.305 e. The molecule has 1 aromatic heterocycles. The summed E-state index contributed by atoms with van der Waals surface area (Å²) in [5, 5.41) is 0.367. The second-order valence-corrected chi connectivity index (χ2v) is 6.06. The molecule has 0 saturated heterocycles. The first-order chi connectivity index (χ1) is 13.6. The van der Waals surface area contributed by atoms with Gasteiger partial charge in [-0.05, 0) is 42.5 Å². The summed E-state index contributed by atoms with van der Waals surface area (Å²) >= 11 is 5.90. The number of hydrazine groups is 1. The number of hydrogen-bond acceptors (Lipinski definition) is 5. The van der Waals surface area contributed by atoms with E-state index in [0.29, 0.717) is 22.3 Å². The van der Waals surface area contributed by atoms with Gasteiger partial charge in [0.2, 0.25) is 0 Å². The van der Waals surface area contributed by atoms with Gasteiger partial charge in [-0.3, -0.25) is 20.4 Å². The third-order valence-electron chi connectivity index (χ3n) is 3.71. The van der Waals surface area contributed by atoms with Crippen LogP contribution < -0.4 is 20.3 Å². The molecule has 7 nitrogen and oxygen atoms in total. The fourth-order valence-electron chi connectivity index (χ4n) is 2.35. The van der Waals surface area contributed by atoms with Crippen LogP contribution in [0.25, 0.3) is 0 Å². The van der Waals surface area contributed by atoms with E-state index >= 15 is 0 Å². The number of furan rings is 1. The van der Waals surface area contributed by atoms with Crippen LogP contribution in [-0.4, -0.2) is 18.9 Å². The molecule has 0 aliphatic carbocycles. The largest absolute Gasteiger partial charge is 0.496 e. The number of nitrogens with one attached hydrogen (secondary N) is 2. The molecule has 2 amide bonds. The third-order valence-corrected chi connectivity index (χ3v) is 3.94. The van der Waals surface area contributed by atoms with Crippen molar-refractivity contribution >= 4 is 23.4 Å². The monoisotopic (exact) mass is 400 g/mol. The second kappa shape index (κ2) is 8.96. The minimum atomic E-state index is -0.611. The summed E-state index contributed by atoms with van der Waals surface area (Å²) in [6.07, 6.45) is 0. The quantitative estimate of drug-likeness (QED) is 0.617. The Morgan fingerprint density at radius 1 is 1.00 bits per heavy atom. The molecule has 2 N–H and O–H groups in total. The number of amides is 2. The second-order valence-electron chi connectivity index (χ2n) is 5.62. The fourth-order valence-corrected chi connectivity index (χ4v) is 2.52. The van der Waals surface area contributed by atoms with Crippen LogP contribution in [0.4, 0.5) is 0 Å². The van der Waals surface area contributed by atoms with Crippen molar-refractivity contribution in [1.29, 1.82) is 0 Å². The Hall–Kier alpha value is -3.45. The summed E-state index contributed by atoms with van der Waals surface area (Å²) in [5.41, 5.74) is 4.77. The van der Waals surface area contributed by atoms with Crippen LogP contribution in [-0.2, 0) is 6.61 Å². The molecular weight excluding hydrogens is 384 g/mol. The normalized spacial score (nSPS) is 10.2. The van der Waals surface area contributed by atoms with E-state index in [2.05, 4.69) is 10.9 Å². The zero-order chi connectivity index (χ0) is 19.9. The molecule has 1 heterocycles. The van der Waals surface area contributed by atoms with Gasteiger partial charge in [0, 0.05) is 5.02 Å². The third kappa shape index (κ3) is 4.83. The van der Waals surface area contributed by atoms with Gasteiger partial charge in [0.15, 0.2) is 5.76 Å². The molecule has 0 saturated carbocycles. The van der Waals surface area contributed by atoms with Crippen LogP contribution >= 0.6 is 11.6 Å². The minimum absolute atomic E-state index is 0.0324. The molecule has 0 unspecified atom stereocenters. The maximum atomic E-state index is 12.3. The number of carbonyl (C=O) groups is 2. The number of ether oxygens (including phenoxy) is 2. The van der Waals surface area contributed by atoms with E-state index in [1.807, 2.05) is 30.3 Å². The number of methoxy groups -OCH3 is 1. The Balaban J connectivity index is 1.56. The zero-order valence-electron chi connectivity index (χ0n) is 14.9. The summed E-state index contributed by atoms with van der Waals surface area (Å²) < 4.78 is 16.1. The zero-order valence-corrected chi connectivity index (χ0v) is 15.7. The first-order valence-electron chi connectivity index (χ1n) is 8.27. The van der Waals surface area contributed by atoms with Crippen molar-refractivity contribution in [1.82, 2.24) is 10.9 Å². The van der Waals surface area contributed by atoms with Crippen molar-refractivity contribution in [2.24, 2.45) is 0 Å². The highest BCUT2D eigenvalue weighted by molar-refractivity contribution is 6.31. The lowest BCUT2D eigenvalue weighted by Crippen LogP contribution is -2.41. The van der Waals surface area contributed by atoms with E-state index in [-0.39, 0.29) is 17.9 Å². The van der Waals surface area contributed by atoms with Gasteiger partial charge >= 0.3 is 5.91 Å². The molecule has 0 aliphatic heterocycles. The van der Waals surface area contributed by atoms with Crippen LogP contribution in [0.3, 0.4) is 0 Å². The van der Waals surface area contributed by atoms with Gasteiger partial charge in [-0.1, -0.05) is 29.8 Å². The van der Waals surface area contributed by atoms with Gasteiger partial charge in [-0.25, -0.2) is 0 Å². The molecule has 0 radical (unpaired) electrons. The summed E-state index contributed by atoms with van der Waals surface area (Å²) in [6, 6.07) is 16.9. The molecule has 3 rings (SSSR count). The Kier molecular flexibility index (Phi) is 6.18. The first kappa shape index (κ1) is 19.3. The molecule has 8 heteroatoms. The Labute approximate surface area is 166 Å². The predicted octanol–water partition coefficient (Wildman–Crippen LogP) is 3.60. The first-order valence-corrected chi connectivity index (χ1v) is 8.65. The molecule has 3 aromatic rings. The summed E-state index contributed by atoms with van der Waals surface area (Å²) in [6.45, 7) is 0.170. The average molecular weight is 401 g/mol. The van der Waals surface area contributed by atoms with Gasteiger partial charge < -0.3 is 13.9 Å². The number of benzene rings is 2. The van der Waals surface area contributed by atoms with E-state index in [1.54, 1.807) is 18.2 Å². The fraction of sp³-hybridized carbons (Fsp3) is 0.100. The molecule has 0 atom stereocenters. The summed E-state index contributed by atoms with van der Waals surface area (Å²) in [4.78, 5) is 24.4.